The number of primary amides is 1. The van der Waals surface area contributed by atoms with Crippen LogP contribution in [0.5, 0.6) is 0 Å². The highest BCUT2D eigenvalue weighted by Gasteiger charge is 2.05. The predicted octanol–water partition coefficient (Wildman–Crippen LogP) is 2.62. The lowest BCUT2D eigenvalue weighted by Crippen LogP contribution is -2.14. The Hall–Kier alpha value is -2.04. The minimum absolute atomic E-state index is 0.254. The standard InChI is InChI=1S/C15H22N2O3/c16-15(20)12-8-5-6-9-13(12)17-11-7-3-1-2-4-10-14(18)19/h5-6,8-9,17H,1-4,7,10-11H2,(H2,16,20)(H,18,19). The van der Waals surface area contributed by atoms with Gasteiger partial charge in [0.1, 0.15) is 0 Å². The molecule has 0 aromatic heterocycles. The fourth-order valence-corrected chi connectivity index (χ4v) is 2.01. The Morgan fingerprint density at radius 3 is 2.40 bits per heavy atom. The Labute approximate surface area is 119 Å². The molecule has 0 fully saturated rings. The number of carbonyl (C=O) groups excluding carboxylic acids is 1. The summed E-state index contributed by atoms with van der Waals surface area (Å²) in [5.74, 6) is -1.16. The number of hydrogen-bond acceptors (Lipinski definition) is 3. The second-order valence-electron chi connectivity index (χ2n) is 4.75. The maximum atomic E-state index is 11.2. The zero-order valence-electron chi connectivity index (χ0n) is 11.6. The topological polar surface area (TPSA) is 92.4 Å². The number of aliphatic carboxylic acids is 1. The largest absolute Gasteiger partial charge is 0.481 e. The van der Waals surface area contributed by atoms with E-state index >= 15 is 0 Å². The number of hydrogen-bond donors (Lipinski definition) is 3. The van der Waals surface area contributed by atoms with Gasteiger partial charge in [-0.25, -0.2) is 0 Å². The number of rotatable bonds is 10. The number of unbranched alkanes of at least 4 members (excludes halogenated alkanes) is 4. The van der Waals surface area contributed by atoms with Gasteiger partial charge in [0, 0.05) is 18.7 Å². The molecule has 0 saturated heterocycles. The summed E-state index contributed by atoms with van der Waals surface area (Å²) in [7, 11) is 0. The van der Waals surface area contributed by atoms with E-state index in [9.17, 15) is 9.59 Å². The zero-order valence-corrected chi connectivity index (χ0v) is 11.6. The first kappa shape index (κ1) is 16.0. The van der Waals surface area contributed by atoms with Crippen LogP contribution in [0.25, 0.3) is 0 Å². The fraction of sp³-hybridized carbons (Fsp3) is 0.467. The number of carboxylic acid groups (broad SMARTS) is 1. The molecular formula is C15H22N2O3. The highest BCUT2D eigenvalue weighted by molar-refractivity contribution is 5.98. The Morgan fingerprint density at radius 2 is 1.70 bits per heavy atom. The van der Waals surface area contributed by atoms with Gasteiger partial charge in [-0.2, -0.15) is 0 Å². The van der Waals surface area contributed by atoms with Crippen LogP contribution >= 0.6 is 0 Å². The number of carboxylic acids is 1. The second-order valence-corrected chi connectivity index (χ2v) is 4.75. The minimum atomic E-state index is -0.727. The Morgan fingerprint density at radius 1 is 1.05 bits per heavy atom. The molecule has 0 bridgehead atoms. The van der Waals surface area contributed by atoms with Crippen LogP contribution in [0.15, 0.2) is 24.3 Å². The molecule has 1 amide bonds. The van der Waals surface area contributed by atoms with Crippen molar-refractivity contribution in [3.05, 3.63) is 29.8 Å². The lowest BCUT2D eigenvalue weighted by Gasteiger charge is -2.09. The summed E-state index contributed by atoms with van der Waals surface area (Å²) in [4.78, 5) is 21.5. The molecule has 0 atom stereocenters. The van der Waals surface area contributed by atoms with Crippen molar-refractivity contribution < 1.29 is 14.7 Å². The van der Waals surface area contributed by atoms with Crippen LogP contribution in [0, 0.1) is 0 Å². The molecule has 1 aromatic carbocycles. The van der Waals surface area contributed by atoms with E-state index in [1.165, 1.54) is 0 Å². The number of carbonyl (C=O) groups is 2. The Balaban J connectivity index is 2.15. The van der Waals surface area contributed by atoms with E-state index in [0.29, 0.717) is 5.56 Å². The summed E-state index contributed by atoms with van der Waals surface area (Å²) >= 11 is 0. The molecule has 0 spiro atoms. The molecule has 20 heavy (non-hydrogen) atoms. The van der Waals surface area contributed by atoms with E-state index in [2.05, 4.69) is 5.32 Å². The number of amides is 1. The van der Waals surface area contributed by atoms with E-state index in [1.807, 2.05) is 12.1 Å². The van der Waals surface area contributed by atoms with E-state index < -0.39 is 11.9 Å². The van der Waals surface area contributed by atoms with Gasteiger partial charge in [0.15, 0.2) is 0 Å². The van der Waals surface area contributed by atoms with Gasteiger partial charge in [0.05, 0.1) is 5.56 Å². The molecule has 0 saturated carbocycles. The molecule has 0 radical (unpaired) electrons. The van der Waals surface area contributed by atoms with Crippen LogP contribution in [0.4, 0.5) is 5.69 Å². The van der Waals surface area contributed by atoms with Crippen molar-refractivity contribution in [1.29, 1.82) is 0 Å². The molecule has 5 heteroatoms. The Bertz CT molecular complexity index is 446. The van der Waals surface area contributed by atoms with E-state index in [1.54, 1.807) is 12.1 Å². The van der Waals surface area contributed by atoms with Crippen molar-refractivity contribution in [1.82, 2.24) is 0 Å². The van der Waals surface area contributed by atoms with E-state index in [0.717, 1.165) is 44.3 Å². The lowest BCUT2D eigenvalue weighted by molar-refractivity contribution is -0.137. The molecule has 5 nitrogen and oxygen atoms in total. The number of nitrogens with two attached hydrogens (primary N) is 1. The molecule has 4 N–H and O–H groups in total. The molecule has 1 rings (SSSR count). The number of benzene rings is 1. The molecular weight excluding hydrogens is 256 g/mol. The van der Waals surface area contributed by atoms with Crippen LogP contribution in [-0.2, 0) is 4.79 Å². The summed E-state index contributed by atoms with van der Waals surface area (Å²) in [6, 6.07) is 7.19. The summed E-state index contributed by atoms with van der Waals surface area (Å²) in [6.07, 6.45) is 5.01. The summed E-state index contributed by atoms with van der Waals surface area (Å²) in [5, 5.41) is 11.7. The van der Waals surface area contributed by atoms with Gasteiger partial charge < -0.3 is 16.2 Å². The normalized spacial score (nSPS) is 10.2. The molecule has 0 heterocycles. The molecule has 0 aliphatic rings. The molecule has 0 unspecified atom stereocenters. The number of para-hydroxylation sites is 1. The maximum absolute atomic E-state index is 11.2. The van der Waals surface area contributed by atoms with Crippen molar-refractivity contribution in [3.8, 4) is 0 Å². The average molecular weight is 278 g/mol. The SMILES string of the molecule is NC(=O)c1ccccc1NCCCCCCCC(=O)O. The van der Waals surface area contributed by atoms with Crippen molar-refractivity contribution in [2.45, 2.75) is 38.5 Å². The first-order valence-corrected chi connectivity index (χ1v) is 6.95. The van der Waals surface area contributed by atoms with E-state index in [-0.39, 0.29) is 6.42 Å². The van der Waals surface area contributed by atoms with Gasteiger partial charge in [-0.05, 0) is 25.0 Å². The van der Waals surface area contributed by atoms with Gasteiger partial charge in [-0.3, -0.25) is 9.59 Å². The fourth-order valence-electron chi connectivity index (χ4n) is 2.01. The van der Waals surface area contributed by atoms with Crippen LogP contribution in [0.2, 0.25) is 0 Å². The van der Waals surface area contributed by atoms with Crippen molar-refractivity contribution in [2.75, 3.05) is 11.9 Å². The van der Waals surface area contributed by atoms with Crippen molar-refractivity contribution in [2.24, 2.45) is 5.73 Å². The third-order valence-corrected chi connectivity index (χ3v) is 3.08. The summed E-state index contributed by atoms with van der Waals surface area (Å²) in [6.45, 7) is 0.781. The number of nitrogens with one attached hydrogen (secondary N) is 1. The monoisotopic (exact) mass is 278 g/mol. The highest BCUT2D eigenvalue weighted by Crippen LogP contribution is 2.14. The Kier molecular flexibility index (Phi) is 7.17. The van der Waals surface area contributed by atoms with Gasteiger partial charge >= 0.3 is 5.97 Å². The zero-order chi connectivity index (χ0) is 14.8. The first-order chi connectivity index (χ1) is 9.61. The van der Waals surface area contributed by atoms with Gasteiger partial charge in [0.25, 0.3) is 5.91 Å². The third kappa shape index (κ3) is 6.22. The van der Waals surface area contributed by atoms with Crippen LogP contribution in [0.3, 0.4) is 0 Å². The number of anilines is 1. The maximum Gasteiger partial charge on any atom is 0.303 e. The second kappa shape index (κ2) is 8.96. The lowest BCUT2D eigenvalue weighted by atomic mass is 10.1. The highest BCUT2D eigenvalue weighted by atomic mass is 16.4. The van der Waals surface area contributed by atoms with Gasteiger partial charge in [-0.15, -0.1) is 0 Å². The average Bonchev–Trinajstić information content (AvgIpc) is 2.41. The first-order valence-electron chi connectivity index (χ1n) is 6.95. The van der Waals surface area contributed by atoms with Gasteiger partial charge in [-0.1, -0.05) is 31.4 Å². The quantitative estimate of drug-likeness (QED) is 0.574. The van der Waals surface area contributed by atoms with Crippen LogP contribution in [0.1, 0.15) is 48.9 Å². The van der Waals surface area contributed by atoms with Crippen molar-refractivity contribution >= 4 is 17.6 Å². The summed E-state index contributed by atoms with van der Waals surface area (Å²) < 4.78 is 0. The van der Waals surface area contributed by atoms with Crippen molar-refractivity contribution in [3.63, 3.8) is 0 Å². The summed E-state index contributed by atoms with van der Waals surface area (Å²) in [5.41, 5.74) is 6.57. The third-order valence-electron chi connectivity index (χ3n) is 3.08. The molecule has 1 aromatic rings. The smallest absolute Gasteiger partial charge is 0.303 e. The molecule has 0 aliphatic carbocycles. The molecule has 0 aliphatic heterocycles. The van der Waals surface area contributed by atoms with E-state index in [4.69, 9.17) is 10.8 Å². The molecule has 110 valence electrons. The van der Waals surface area contributed by atoms with Crippen LogP contribution in [-0.4, -0.2) is 23.5 Å². The predicted molar refractivity (Wildman–Crippen MR) is 78.8 cm³/mol. The van der Waals surface area contributed by atoms with Crippen LogP contribution < -0.4 is 11.1 Å². The van der Waals surface area contributed by atoms with Gasteiger partial charge in [0.2, 0.25) is 0 Å². The minimum Gasteiger partial charge on any atom is -0.481 e.